The normalized spacial score (nSPS) is 14.6. The van der Waals surface area contributed by atoms with Crippen LogP contribution in [0, 0.1) is 6.92 Å². The Morgan fingerprint density at radius 3 is 2.46 bits per heavy atom. The van der Waals surface area contributed by atoms with Gasteiger partial charge in [-0.25, -0.2) is 4.79 Å². The second kappa shape index (κ2) is 13.8. The number of benzene rings is 3. The van der Waals surface area contributed by atoms with Gasteiger partial charge in [0.1, 0.15) is 13.1 Å². The quantitative estimate of drug-likeness (QED) is 0.147. The lowest BCUT2D eigenvalue weighted by Crippen LogP contribution is -2.36. The fraction of sp³-hybridized carbons (Fsp3) is 0.206. The highest BCUT2D eigenvalue weighted by Crippen LogP contribution is 2.36. The van der Waals surface area contributed by atoms with E-state index >= 15 is 0 Å². The van der Waals surface area contributed by atoms with Gasteiger partial charge in [-0.15, -0.1) is 0 Å². The van der Waals surface area contributed by atoms with Crippen LogP contribution < -0.4 is 20.1 Å². The Labute approximate surface area is 283 Å². The van der Waals surface area contributed by atoms with E-state index in [1.165, 1.54) is 18.2 Å². The van der Waals surface area contributed by atoms with Crippen LogP contribution in [0.3, 0.4) is 0 Å². The molecule has 3 heterocycles. The predicted octanol–water partition coefficient (Wildman–Crippen LogP) is 6.21. The number of fused-ring (bicyclic) bond motifs is 2. The standard InChI is InChI=1S/C34H29ClN4O8S/c1-3-12-45-33(43)24-13-20(8-10-25(24)35)36-31(41)17-39-32(42)29(48-34(39)44)15-23-19(2)38(26-7-5-4-6-22(23)26)16-30(40)37-21-9-11-27-28(14-21)47-18-46-27/h4-11,13-15H,3,12,16-18H2,1-2H3,(H,36,41)(H,37,40)/b29-15-. The molecule has 0 unspecified atom stereocenters. The first-order valence-electron chi connectivity index (χ1n) is 14.9. The second-order valence-electron chi connectivity index (χ2n) is 10.9. The van der Waals surface area contributed by atoms with Gasteiger partial charge in [-0.1, -0.05) is 36.7 Å². The molecule has 3 aromatic carbocycles. The summed E-state index contributed by atoms with van der Waals surface area (Å²) < 4.78 is 17.7. The van der Waals surface area contributed by atoms with E-state index in [1.54, 1.807) is 24.3 Å². The van der Waals surface area contributed by atoms with Gasteiger partial charge in [-0.05, 0) is 67.6 Å². The maximum absolute atomic E-state index is 13.4. The van der Waals surface area contributed by atoms with Gasteiger partial charge < -0.3 is 29.4 Å². The first kappa shape index (κ1) is 32.7. The highest BCUT2D eigenvalue weighted by Gasteiger charge is 2.37. The van der Waals surface area contributed by atoms with Crippen LogP contribution in [0.2, 0.25) is 5.02 Å². The van der Waals surface area contributed by atoms with Crippen molar-refractivity contribution in [2.75, 3.05) is 30.6 Å². The number of nitrogens with one attached hydrogen (secondary N) is 2. The summed E-state index contributed by atoms with van der Waals surface area (Å²) in [5.41, 5.74) is 3.03. The third-order valence-electron chi connectivity index (χ3n) is 7.60. The number of halogens is 1. The Morgan fingerprint density at radius 1 is 0.958 bits per heavy atom. The molecule has 1 saturated heterocycles. The number of esters is 1. The highest BCUT2D eigenvalue weighted by atomic mass is 35.5. The van der Waals surface area contributed by atoms with Gasteiger partial charge in [0.15, 0.2) is 11.5 Å². The van der Waals surface area contributed by atoms with Gasteiger partial charge in [0.05, 0.1) is 22.1 Å². The van der Waals surface area contributed by atoms with Crippen molar-refractivity contribution in [1.82, 2.24) is 9.47 Å². The largest absolute Gasteiger partial charge is 0.462 e. The zero-order valence-electron chi connectivity index (χ0n) is 25.8. The molecule has 4 amide bonds. The van der Waals surface area contributed by atoms with Crippen molar-refractivity contribution in [2.45, 2.75) is 26.8 Å². The van der Waals surface area contributed by atoms with Crippen molar-refractivity contribution < 1.29 is 38.2 Å². The van der Waals surface area contributed by atoms with Crippen LogP contribution in [0.4, 0.5) is 16.2 Å². The molecule has 2 aliphatic heterocycles. The minimum absolute atomic E-state index is 0.0149. The van der Waals surface area contributed by atoms with Crippen LogP contribution >= 0.6 is 23.4 Å². The van der Waals surface area contributed by atoms with E-state index in [0.717, 1.165) is 27.6 Å². The smallest absolute Gasteiger partial charge is 0.339 e. The molecule has 0 aliphatic carbocycles. The van der Waals surface area contributed by atoms with Crippen molar-refractivity contribution in [1.29, 1.82) is 0 Å². The zero-order valence-corrected chi connectivity index (χ0v) is 27.4. The van der Waals surface area contributed by atoms with Crippen molar-refractivity contribution in [2.24, 2.45) is 0 Å². The van der Waals surface area contributed by atoms with Crippen molar-refractivity contribution in [3.63, 3.8) is 0 Å². The van der Waals surface area contributed by atoms with E-state index in [1.807, 2.05) is 42.7 Å². The fourth-order valence-corrected chi connectivity index (χ4v) is 6.32. The molecule has 1 aromatic heterocycles. The lowest BCUT2D eigenvalue weighted by atomic mass is 10.1. The Balaban J connectivity index is 1.17. The van der Waals surface area contributed by atoms with E-state index in [2.05, 4.69) is 10.6 Å². The van der Waals surface area contributed by atoms with Crippen LogP contribution in [-0.4, -0.2) is 58.3 Å². The molecule has 14 heteroatoms. The van der Waals surface area contributed by atoms with Gasteiger partial charge in [0.25, 0.3) is 11.1 Å². The number of imide groups is 1. The molecule has 0 radical (unpaired) electrons. The average molecular weight is 689 g/mol. The van der Waals surface area contributed by atoms with E-state index in [4.69, 9.17) is 25.8 Å². The maximum Gasteiger partial charge on any atom is 0.339 e. The van der Waals surface area contributed by atoms with E-state index < -0.39 is 29.6 Å². The van der Waals surface area contributed by atoms with E-state index in [9.17, 15) is 24.0 Å². The van der Waals surface area contributed by atoms with Crippen molar-refractivity contribution >= 4 is 80.6 Å². The van der Waals surface area contributed by atoms with Crippen molar-refractivity contribution in [3.8, 4) is 11.5 Å². The summed E-state index contributed by atoms with van der Waals surface area (Å²) in [6.07, 6.45) is 2.24. The molecular weight excluding hydrogens is 660 g/mol. The number of para-hydroxylation sites is 1. The number of hydrogen-bond acceptors (Lipinski definition) is 9. The van der Waals surface area contributed by atoms with Crippen LogP contribution in [0.15, 0.2) is 65.6 Å². The summed E-state index contributed by atoms with van der Waals surface area (Å²) in [4.78, 5) is 65.6. The average Bonchev–Trinajstić information content (AvgIpc) is 3.72. The number of carbonyl (C=O) groups is 5. The SMILES string of the molecule is CCCOC(=O)c1cc(NC(=O)CN2C(=O)S/C(=C\c3c(C)n(CC(=O)Nc4ccc5c(c4)OCO5)c4ccccc34)C2=O)ccc1Cl. The molecular formula is C34H29ClN4O8S. The second-order valence-corrected chi connectivity index (χ2v) is 12.3. The number of thioether (sulfide) groups is 1. The molecule has 0 spiro atoms. The number of anilines is 2. The summed E-state index contributed by atoms with van der Waals surface area (Å²) in [6, 6.07) is 16.9. The molecule has 4 aromatic rings. The zero-order chi connectivity index (χ0) is 33.9. The Hall–Kier alpha value is -5.27. The number of hydrogen-bond donors (Lipinski definition) is 2. The topological polar surface area (TPSA) is 145 Å². The molecule has 246 valence electrons. The molecule has 1 fully saturated rings. The molecule has 6 rings (SSSR count). The van der Waals surface area contributed by atoms with Crippen LogP contribution in [0.1, 0.15) is 35.0 Å². The minimum Gasteiger partial charge on any atom is -0.462 e. The predicted molar refractivity (Wildman–Crippen MR) is 181 cm³/mol. The molecule has 48 heavy (non-hydrogen) atoms. The first-order chi connectivity index (χ1) is 23.1. The highest BCUT2D eigenvalue weighted by molar-refractivity contribution is 8.18. The Bertz CT molecular complexity index is 2020. The minimum atomic E-state index is -0.644. The van der Waals surface area contributed by atoms with Crippen molar-refractivity contribution in [3.05, 3.63) is 87.4 Å². The van der Waals surface area contributed by atoms with Gasteiger partial charge in [0, 0.05) is 39.6 Å². The molecule has 2 N–H and O–H groups in total. The van der Waals surface area contributed by atoms with Gasteiger partial charge >= 0.3 is 5.97 Å². The monoisotopic (exact) mass is 688 g/mol. The molecule has 2 aliphatic rings. The Morgan fingerprint density at radius 2 is 1.67 bits per heavy atom. The van der Waals surface area contributed by atoms with Gasteiger partial charge in [-0.2, -0.15) is 0 Å². The van der Waals surface area contributed by atoms with Crippen LogP contribution in [0.25, 0.3) is 17.0 Å². The number of amides is 4. The van der Waals surface area contributed by atoms with E-state index in [-0.39, 0.29) is 47.0 Å². The lowest BCUT2D eigenvalue weighted by Gasteiger charge is -2.13. The number of rotatable bonds is 10. The number of ether oxygens (including phenoxy) is 3. The number of nitrogens with zero attached hydrogens (tertiary/aromatic N) is 2. The van der Waals surface area contributed by atoms with Gasteiger partial charge in [0.2, 0.25) is 18.6 Å². The van der Waals surface area contributed by atoms with Gasteiger partial charge in [-0.3, -0.25) is 24.1 Å². The first-order valence-corrected chi connectivity index (χ1v) is 16.1. The summed E-state index contributed by atoms with van der Waals surface area (Å²) in [7, 11) is 0. The number of aromatic nitrogens is 1. The lowest BCUT2D eigenvalue weighted by molar-refractivity contribution is -0.127. The summed E-state index contributed by atoms with van der Waals surface area (Å²) >= 11 is 6.86. The van der Waals surface area contributed by atoms with E-state index in [0.29, 0.717) is 34.9 Å². The fourth-order valence-electron chi connectivity index (χ4n) is 5.31. The third kappa shape index (κ3) is 6.73. The Kier molecular flexibility index (Phi) is 9.42. The molecule has 0 bridgehead atoms. The molecule has 0 atom stereocenters. The summed E-state index contributed by atoms with van der Waals surface area (Å²) in [5, 5.41) is 5.82. The summed E-state index contributed by atoms with van der Waals surface area (Å²) in [6.45, 7) is 3.47. The molecule has 12 nitrogen and oxygen atoms in total. The number of carbonyl (C=O) groups excluding carboxylic acids is 5. The summed E-state index contributed by atoms with van der Waals surface area (Å²) in [5.74, 6) is -1.02. The molecule has 0 saturated carbocycles. The maximum atomic E-state index is 13.4. The third-order valence-corrected chi connectivity index (χ3v) is 8.83. The van der Waals surface area contributed by atoms with Crippen LogP contribution in [-0.2, 0) is 25.7 Å². The van der Waals surface area contributed by atoms with Crippen LogP contribution in [0.5, 0.6) is 11.5 Å².